The first-order chi connectivity index (χ1) is 8.08. The number of carbonyl (C=O) groups excluding carboxylic acids is 1. The maximum atomic E-state index is 11.1. The molecule has 1 amide bonds. The minimum atomic E-state index is -0.252. The summed E-state index contributed by atoms with van der Waals surface area (Å²) in [6.45, 7) is 1.39. The number of anilines is 1. The number of nitrogens with two attached hydrogens (primary N) is 2. The number of hydrogen-bond donors (Lipinski definition) is 2. The van der Waals surface area contributed by atoms with Crippen LogP contribution in [0.3, 0.4) is 0 Å². The van der Waals surface area contributed by atoms with E-state index in [-0.39, 0.29) is 11.8 Å². The molecule has 1 unspecified atom stereocenters. The molecule has 17 heavy (non-hydrogen) atoms. The summed E-state index contributed by atoms with van der Waals surface area (Å²) >= 11 is 4.92. The molecule has 1 fully saturated rings. The van der Waals surface area contributed by atoms with Crippen molar-refractivity contribution in [3.63, 3.8) is 0 Å². The van der Waals surface area contributed by atoms with Crippen LogP contribution in [0.25, 0.3) is 0 Å². The van der Waals surface area contributed by atoms with Crippen molar-refractivity contribution in [3.8, 4) is 0 Å². The van der Waals surface area contributed by atoms with Crippen molar-refractivity contribution in [1.29, 1.82) is 0 Å². The maximum absolute atomic E-state index is 11.1. The van der Waals surface area contributed by atoms with Gasteiger partial charge in [0.2, 0.25) is 5.91 Å². The van der Waals surface area contributed by atoms with Crippen LogP contribution >= 0.6 is 12.2 Å². The number of thiocarbonyl (C=S) groups is 1. The van der Waals surface area contributed by atoms with E-state index in [1.807, 2.05) is 11.0 Å². The molecule has 0 radical (unpaired) electrons. The van der Waals surface area contributed by atoms with Gasteiger partial charge in [-0.1, -0.05) is 12.2 Å². The summed E-state index contributed by atoms with van der Waals surface area (Å²) in [5.74, 6) is 0.447. The quantitative estimate of drug-likeness (QED) is 0.739. The highest BCUT2D eigenvalue weighted by atomic mass is 32.1. The van der Waals surface area contributed by atoms with Gasteiger partial charge >= 0.3 is 0 Å². The van der Waals surface area contributed by atoms with Crippen LogP contribution < -0.4 is 16.4 Å². The molecule has 0 bridgehead atoms. The normalized spacial score (nSPS) is 19.3. The van der Waals surface area contributed by atoms with E-state index in [2.05, 4.69) is 4.98 Å². The van der Waals surface area contributed by atoms with Gasteiger partial charge in [0, 0.05) is 24.8 Å². The Morgan fingerprint density at radius 2 is 2.29 bits per heavy atom. The summed E-state index contributed by atoms with van der Waals surface area (Å²) in [6.07, 6.45) is 2.44. The van der Waals surface area contributed by atoms with Crippen LogP contribution in [-0.4, -0.2) is 29.0 Å². The number of nitrogens with zero attached hydrogens (tertiary/aromatic N) is 2. The van der Waals surface area contributed by atoms with Crippen molar-refractivity contribution in [2.75, 3.05) is 18.0 Å². The van der Waals surface area contributed by atoms with Gasteiger partial charge in [-0.15, -0.1) is 0 Å². The number of pyridine rings is 1. The molecular weight excluding hydrogens is 236 g/mol. The van der Waals surface area contributed by atoms with Crippen LogP contribution in [0.4, 0.5) is 5.82 Å². The van der Waals surface area contributed by atoms with E-state index < -0.39 is 0 Å². The maximum Gasteiger partial charge on any atom is 0.222 e. The summed E-state index contributed by atoms with van der Waals surface area (Å²) < 4.78 is 0. The van der Waals surface area contributed by atoms with Crippen molar-refractivity contribution in [3.05, 3.63) is 23.9 Å². The van der Waals surface area contributed by atoms with Crippen LogP contribution in [0.2, 0.25) is 0 Å². The topological polar surface area (TPSA) is 85.2 Å². The number of primary amides is 1. The average Bonchev–Trinajstić information content (AvgIpc) is 2.78. The Morgan fingerprint density at radius 1 is 1.53 bits per heavy atom. The van der Waals surface area contributed by atoms with E-state index in [0.29, 0.717) is 11.5 Å². The van der Waals surface area contributed by atoms with Crippen LogP contribution in [-0.2, 0) is 4.79 Å². The number of rotatable bonds is 3. The van der Waals surface area contributed by atoms with Gasteiger partial charge in [0.1, 0.15) is 10.8 Å². The van der Waals surface area contributed by atoms with Gasteiger partial charge < -0.3 is 16.4 Å². The zero-order valence-electron chi connectivity index (χ0n) is 9.30. The van der Waals surface area contributed by atoms with E-state index in [0.717, 1.165) is 24.3 Å². The van der Waals surface area contributed by atoms with Crippen molar-refractivity contribution in [1.82, 2.24) is 4.98 Å². The van der Waals surface area contributed by atoms with Crippen molar-refractivity contribution in [2.24, 2.45) is 17.4 Å². The van der Waals surface area contributed by atoms with E-state index >= 15 is 0 Å². The summed E-state index contributed by atoms with van der Waals surface area (Å²) in [5, 5.41) is 0. The lowest BCUT2D eigenvalue weighted by Gasteiger charge is -2.17. The Hall–Kier alpha value is -1.69. The average molecular weight is 250 g/mol. The molecule has 1 aliphatic rings. The van der Waals surface area contributed by atoms with E-state index in [9.17, 15) is 4.79 Å². The lowest BCUT2D eigenvalue weighted by Crippen LogP contribution is -2.27. The molecular formula is C11H14N4OS. The first-order valence-corrected chi connectivity index (χ1v) is 5.79. The molecule has 1 atom stereocenters. The second kappa shape index (κ2) is 4.67. The molecule has 0 saturated carbocycles. The smallest absolute Gasteiger partial charge is 0.222 e. The van der Waals surface area contributed by atoms with Crippen molar-refractivity contribution < 1.29 is 4.79 Å². The molecule has 4 N–H and O–H groups in total. The Balaban J connectivity index is 2.16. The number of amides is 1. The van der Waals surface area contributed by atoms with Crippen molar-refractivity contribution >= 4 is 28.9 Å². The third-order valence-corrected chi connectivity index (χ3v) is 3.18. The Labute approximate surface area is 105 Å². The van der Waals surface area contributed by atoms with E-state index in [4.69, 9.17) is 23.7 Å². The number of hydrogen-bond acceptors (Lipinski definition) is 4. The summed E-state index contributed by atoms with van der Waals surface area (Å²) in [7, 11) is 0. The summed E-state index contributed by atoms with van der Waals surface area (Å²) in [5.41, 5.74) is 11.6. The molecule has 0 spiro atoms. The molecule has 5 nitrogen and oxygen atoms in total. The second-order valence-electron chi connectivity index (χ2n) is 4.10. The first kappa shape index (κ1) is 11.8. The Morgan fingerprint density at radius 3 is 2.88 bits per heavy atom. The van der Waals surface area contributed by atoms with Gasteiger partial charge in [0.15, 0.2) is 0 Å². The molecule has 2 rings (SSSR count). The molecule has 1 aliphatic heterocycles. The molecule has 2 heterocycles. The third-order valence-electron chi connectivity index (χ3n) is 2.94. The molecule has 6 heteroatoms. The largest absolute Gasteiger partial charge is 0.389 e. The monoisotopic (exact) mass is 250 g/mol. The van der Waals surface area contributed by atoms with Crippen molar-refractivity contribution in [2.45, 2.75) is 6.42 Å². The SMILES string of the molecule is NC(=O)C1CCN(c2cc(C(N)=S)ccn2)C1. The van der Waals surface area contributed by atoms with Gasteiger partial charge in [-0.3, -0.25) is 4.79 Å². The Kier molecular flexibility index (Phi) is 3.23. The van der Waals surface area contributed by atoms with Gasteiger partial charge in [-0.25, -0.2) is 4.98 Å². The third kappa shape index (κ3) is 2.52. The molecule has 0 aromatic carbocycles. The lowest BCUT2D eigenvalue weighted by atomic mass is 10.1. The van der Waals surface area contributed by atoms with Gasteiger partial charge in [0.05, 0.1) is 5.92 Å². The summed E-state index contributed by atoms with van der Waals surface area (Å²) in [6, 6.07) is 3.61. The zero-order valence-corrected chi connectivity index (χ0v) is 10.1. The van der Waals surface area contributed by atoms with Gasteiger partial charge in [-0.2, -0.15) is 0 Å². The molecule has 1 aromatic rings. The zero-order chi connectivity index (χ0) is 12.4. The number of carbonyl (C=O) groups is 1. The predicted octanol–water partition coefficient (Wildman–Crippen LogP) is 0.0274. The van der Waals surface area contributed by atoms with Gasteiger partial charge in [0.25, 0.3) is 0 Å². The predicted molar refractivity (Wildman–Crippen MR) is 69.6 cm³/mol. The second-order valence-corrected chi connectivity index (χ2v) is 4.54. The molecule has 1 saturated heterocycles. The molecule has 1 aromatic heterocycles. The first-order valence-electron chi connectivity index (χ1n) is 5.38. The lowest BCUT2D eigenvalue weighted by molar-refractivity contribution is -0.121. The van der Waals surface area contributed by atoms with E-state index in [1.54, 1.807) is 12.3 Å². The van der Waals surface area contributed by atoms with Crippen LogP contribution in [0.5, 0.6) is 0 Å². The molecule has 90 valence electrons. The fourth-order valence-electron chi connectivity index (χ4n) is 1.95. The van der Waals surface area contributed by atoms with Gasteiger partial charge in [-0.05, 0) is 18.6 Å². The standard InChI is InChI=1S/C11H14N4OS/c12-10(16)8-2-4-15(6-8)9-5-7(11(13)17)1-3-14-9/h1,3,5,8H,2,4,6H2,(H2,12,16)(H2,13,17). The van der Waals surface area contributed by atoms with Crippen LogP contribution in [0, 0.1) is 5.92 Å². The highest BCUT2D eigenvalue weighted by Crippen LogP contribution is 2.22. The van der Waals surface area contributed by atoms with Crippen LogP contribution in [0.15, 0.2) is 18.3 Å². The minimum absolute atomic E-state index is 0.0923. The molecule has 0 aliphatic carbocycles. The highest BCUT2D eigenvalue weighted by molar-refractivity contribution is 7.80. The minimum Gasteiger partial charge on any atom is -0.389 e. The highest BCUT2D eigenvalue weighted by Gasteiger charge is 2.27. The Bertz CT molecular complexity index is 463. The van der Waals surface area contributed by atoms with Crippen LogP contribution in [0.1, 0.15) is 12.0 Å². The fraction of sp³-hybridized carbons (Fsp3) is 0.364. The number of aromatic nitrogens is 1. The fourth-order valence-corrected chi connectivity index (χ4v) is 2.07. The van der Waals surface area contributed by atoms with E-state index in [1.165, 1.54) is 0 Å². The summed E-state index contributed by atoms with van der Waals surface area (Å²) in [4.78, 5) is 17.7.